The summed E-state index contributed by atoms with van der Waals surface area (Å²) in [4.78, 5) is 6.35. The molecule has 1 N–H and O–H groups in total. The summed E-state index contributed by atoms with van der Waals surface area (Å²) in [7, 11) is 5.52. The van der Waals surface area contributed by atoms with Crippen molar-refractivity contribution in [1.82, 2.24) is 10.2 Å². The molecule has 0 saturated heterocycles. The minimum atomic E-state index is 0.678. The fourth-order valence-corrected chi connectivity index (χ4v) is 1.69. The zero-order chi connectivity index (χ0) is 13.4. The smallest absolute Gasteiger partial charge is 0.193 e. The van der Waals surface area contributed by atoms with Gasteiger partial charge in [-0.2, -0.15) is 0 Å². The number of aryl methyl sites for hydroxylation is 1. The Labute approximate surface area is 110 Å². The van der Waals surface area contributed by atoms with Gasteiger partial charge in [0.1, 0.15) is 0 Å². The zero-order valence-electron chi connectivity index (χ0n) is 11.7. The van der Waals surface area contributed by atoms with Gasteiger partial charge in [-0.3, -0.25) is 4.99 Å². The highest BCUT2D eigenvalue weighted by molar-refractivity contribution is 5.79. The first-order chi connectivity index (χ1) is 8.67. The van der Waals surface area contributed by atoms with Crippen LogP contribution in [0.15, 0.2) is 29.3 Å². The lowest BCUT2D eigenvalue weighted by Gasteiger charge is -2.22. The normalized spacial score (nSPS) is 11.4. The summed E-state index contributed by atoms with van der Waals surface area (Å²) >= 11 is 0. The standard InChI is InChI=1S/C14H23N3O/c1-12-5-7-13(8-6-12)11-17(3)14(15-2)16-9-10-18-4/h5-8H,9-11H2,1-4H3,(H,15,16). The van der Waals surface area contributed by atoms with Crippen molar-refractivity contribution in [3.05, 3.63) is 35.4 Å². The van der Waals surface area contributed by atoms with Gasteiger partial charge in [-0.25, -0.2) is 0 Å². The zero-order valence-corrected chi connectivity index (χ0v) is 11.7. The molecule has 0 amide bonds. The summed E-state index contributed by atoms with van der Waals surface area (Å²) in [6.07, 6.45) is 0. The summed E-state index contributed by atoms with van der Waals surface area (Å²) < 4.78 is 5.01. The number of methoxy groups -OCH3 is 1. The lowest BCUT2D eigenvalue weighted by Crippen LogP contribution is -2.39. The SMILES string of the molecule is CN=C(NCCOC)N(C)Cc1ccc(C)cc1. The van der Waals surface area contributed by atoms with E-state index in [-0.39, 0.29) is 0 Å². The van der Waals surface area contributed by atoms with E-state index < -0.39 is 0 Å². The van der Waals surface area contributed by atoms with Crippen molar-refractivity contribution in [1.29, 1.82) is 0 Å². The van der Waals surface area contributed by atoms with Crippen molar-refractivity contribution in [2.24, 2.45) is 4.99 Å². The van der Waals surface area contributed by atoms with Gasteiger partial charge in [0.2, 0.25) is 0 Å². The molecule has 1 aromatic carbocycles. The number of ether oxygens (including phenoxy) is 1. The number of nitrogens with zero attached hydrogens (tertiary/aromatic N) is 2. The summed E-state index contributed by atoms with van der Waals surface area (Å²) in [5.74, 6) is 0.882. The van der Waals surface area contributed by atoms with Gasteiger partial charge < -0.3 is 15.0 Å². The minimum absolute atomic E-state index is 0.678. The van der Waals surface area contributed by atoms with Crippen LogP contribution in [-0.4, -0.2) is 45.2 Å². The first-order valence-corrected chi connectivity index (χ1v) is 6.13. The molecule has 1 rings (SSSR count). The van der Waals surface area contributed by atoms with E-state index in [4.69, 9.17) is 4.74 Å². The van der Waals surface area contributed by atoms with Crippen LogP contribution in [0.3, 0.4) is 0 Å². The Kier molecular flexibility index (Phi) is 6.22. The van der Waals surface area contributed by atoms with Crippen LogP contribution in [0.2, 0.25) is 0 Å². The van der Waals surface area contributed by atoms with Gasteiger partial charge in [0.05, 0.1) is 6.61 Å². The molecule has 0 atom stereocenters. The first-order valence-electron chi connectivity index (χ1n) is 6.13. The molecule has 0 aliphatic carbocycles. The molecule has 0 aliphatic heterocycles. The van der Waals surface area contributed by atoms with Crippen LogP contribution in [0.25, 0.3) is 0 Å². The first kappa shape index (κ1) is 14.5. The molecule has 0 spiro atoms. The average molecular weight is 249 g/mol. The van der Waals surface area contributed by atoms with Crippen LogP contribution in [0.5, 0.6) is 0 Å². The molecule has 0 fully saturated rings. The second-order valence-electron chi connectivity index (χ2n) is 4.31. The van der Waals surface area contributed by atoms with Crippen LogP contribution in [0.4, 0.5) is 0 Å². The number of nitrogens with one attached hydrogen (secondary N) is 1. The van der Waals surface area contributed by atoms with Gasteiger partial charge in [0, 0.05) is 34.3 Å². The molecule has 0 heterocycles. The number of benzene rings is 1. The van der Waals surface area contributed by atoms with Crippen LogP contribution in [0, 0.1) is 6.92 Å². The number of hydrogen-bond donors (Lipinski definition) is 1. The molecule has 0 saturated carbocycles. The topological polar surface area (TPSA) is 36.9 Å². The van der Waals surface area contributed by atoms with Crippen LogP contribution in [0.1, 0.15) is 11.1 Å². The molecule has 0 unspecified atom stereocenters. The Morgan fingerprint density at radius 1 is 1.33 bits per heavy atom. The maximum atomic E-state index is 5.01. The van der Waals surface area contributed by atoms with E-state index in [1.165, 1.54) is 11.1 Å². The highest BCUT2D eigenvalue weighted by Crippen LogP contribution is 2.05. The number of hydrogen-bond acceptors (Lipinski definition) is 2. The molecular weight excluding hydrogens is 226 g/mol. The number of guanidine groups is 1. The van der Waals surface area contributed by atoms with E-state index in [2.05, 4.69) is 46.4 Å². The third-order valence-corrected chi connectivity index (χ3v) is 2.70. The second-order valence-corrected chi connectivity index (χ2v) is 4.31. The monoisotopic (exact) mass is 249 g/mol. The largest absolute Gasteiger partial charge is 0.383 e. The van der Waals surface area contributed by atoms with Gasteiger partial charge >= 0.3 is 0 Å². The van der Waals surface area contributed by atoms with E-state index in [0.717, 1.165) is 19.0 Å². The Bertz CT molecular complexity index is 373. The summed E-state index contributed by atoms with van der Waals surface area (Å²) in [5, 5.41) is 3.25. The predicted octanol–water partition coefficient (Wildman–Crippen LogP) is 1.65. The molecule has 0 aromatic heterocycles. The summed E-state index contributed by atoms with van der Waals surface area (Å²) in [6, 6.07) is 8.55. The van der Waals surface area contributed by atoms with Crippen LogP contribution in [-0.2, 0) is 11.3 Å². The average Bonchev–Trinajstić information content (AvgIpc) is 2.37. The van der Waals surface area contributed by atoms with Crippen molar-refractivity contribution >= 4 is 5.96 Å². The molecule has 0 aliphatic rings. The van der Waals surface area contributed by atoms with Crippen molar-refractivity contribution in [3.8, 4) is 0 Å². The van der Waals surface area contributed by atoms with E-state index in [1.807, 2.05) is 7.05 Å². The lowest BCUT2D eigenvalue weighted by atomic mass is 10.1. The lowest BCUT2D eigenvalue weighted by molar-refractivity contribution is 0.203. The van der Waals surface area contributed by atoms with Crippen LogP contribution < -0.4 is 5.32 Å². The third-order valence-electron chi connectivity index (χ3n) is 2.70. The summed E-state index contributed by atoms with van der Waals surface area (Å²) in [5.41, 5.74) is 2.56. The Morgan fingerprint density at radius 2 is 2.00 bits per heavy atom. The van der Waals surface area contributed by atoms with Gasteiger partial charge in [-0.15, -0.1) is 0 Å². The summed E-state index contributed by atoms with van der Waals surface area (Å²) in [6.45, 7) is 4.38. The molecule has 100 valence electrons. The van der Waals surface area contributed by atoms with Gasteiger partial charge in [-0.1, -0.05) is 29.8 Å². The quantitative estimate of drug-likeness (QED) is 0.490. The van der Waals surface area contributed by atoms with Crippen molar-refractivity contribution in [2.45, 2.75) is 13.5 Å². The molecule has 4 heteroatoms. The molecule has 1 aromatic rings. The van der Waals surface area contributed by atoms with Gasteiger partial charge in [0.25, 0.3) is 0 Å². The van der Waals surface area contributed by atoms with Crippen molar-refractivity contribution in [2.75, 3.05) is 34.4 Å². The molecule has 18 heavy (non-hydrogen) atoms. The number of aliphatic imine (C=N–C) groups is 1. The van der Waals surface area contributed by atoms with Gasteiger partial charge in [-0.05, 0) is 12.5 Å². The highest BCUT2D eigenvalue weighted by atomic mass is 16.5. The van der Waals surface area contributed by atoms with E-state index in [0.29, 0.717) is 6.61 Å². The minimum Gasteiger partial charge on any atom is -0.383 e. The van der Waals surface area contributed by atoms with Gasteiger partial charge in [0.15, 0.2) is 5.96 Å². The maximum absolute atomic E-state index is 5.01. The molecular formula is C14H23N3O. The predicted molar refractivity (Wildman–Crippen MR) is 75.9 cm³/mol. The van der Waals surface area contributed by atoms with Crippen molar-refractivity contribution < 1.29 is 4.74 Å². The fourth-order valence-electron chi connectivity index (χ4n) is 1.69. The molecule has 0 radical (unpaired) electrons. The Balaban J connectivity index is 2.51. The Morgan fingerprint density at radius 3 is 2.56 bits per heavy atom. The number of rotatable bonds is 5. The maximum Gasteiger partial charge on any atom is 0.193 e. The van der Waals surface area contributed by atoms with E-state index >= 15 is 0 Å². The highest BCUT2D eigenvalue weighted by Gasteiger charge is 2.05. The van der Waals surface area contributed by atoms with Crippen LogP contribution >= 0.6 is 0 Å². The molecule has 0 bridgehead atoms. The third kappa shape index (κ3) is 4.75. The van der Waals surface area contributed by atoms with E-state index in [1.54, 1.807) is 14.2 Å². The fraction of sp³-hybridized carbons (Fsp3) is 0.500. The second kappa shape index (κ2) is 7.71. The van der Waals surface area contributed by atoms with E-state index in [9.17, 15) is 0 Å². The molecule has 4 nitrogen and oxygen atoms in total. The van der Waals surface area contributed by atoms with Crippen molar-refractivity contribution in [3.63, 3.8) is 0 Å². The Hall–Kier alpha value is -1.55.